The molecule has 0 bridgehead atoms. The van der Waals surface area contributed by atoms with Crippen LogP contribution in [0.2, 0.25) is 0 Å². The van der Waals surface area contributed by atoms with Crippen LogP contribution in [0.3, 0.4) is 0 Å². The molecule has 3 nitrogen and oxygen atoms in total. The minimum absolute atomic E-state index is 0.333. The molecule has 18 heavy (non-hydrogen) atoms. The van der Waals surface area contributed by atoms with Gasteiger partial charge in [0.2, 0.25) is 0 Å². The zero-order valence-electron chi connectivity index (χ0n) is 9.51. The fourth-order valence-corrected chi connectivity index (χ4v) is 3.82. The molecular formula is C12H10BrNO2S2. The number of aromatic nitrogens is 1. The highest BCUT2D eigenvalue weighted by Gasteiger charge is 2.13. The summed E-state index contributed by atoms with van der Waals surface area (Å²) in [6.07, 6.45) is 0. The first-order valence-electron chi connectivity index (χ1n) is 5.14. The quantitative estimate of drug-likeness (QED) is 0.845. The molecule has 0 aliphatic rings. The molecule has 0 radical (unpaired) electrons. The van der Waals surface area contributed by atoms with Gasteiger partial charge in [-0.2, -0.15) is 0 Å². The highest BCUT2D eigenvalue weighted by Crippen LogP contribution is 2.28. The van der Waals surface area contributed by atoms with Crippen LogP contribution in [0.4, 0.5) is 0 Å². The molecule has 0 aliphatic carbocycles. The number of thioether (sulfide) groups is 1. The Morgan fingerprint density at radius 2 is 2.33 bits per heavy atom. The lowest BCUT2D eigenvalue weighted by molar-refractivity contribution is 0.0701. The second kappa shape index (κ2) is 5.86. The molecule has 0 saturated heterocycles. The third-order valence-electron chi connectivity index (χ3n) is 2.19. The van der Waals surface area contributed by atoms with E-state index in [0.717, 1.165) is 14.4 Å². The maximum atomic E-state index is 10.9. The Bertz CT molecular complexity index is 583. The van der Waals surface area contributed by atoms with Gasteiger partial charge >= 0.3 is 5.97 Å². The van der Waals surface area contributed by atoms with Crippen molar-refractivity contribution in [3.63, 3.8) is 0 Å². The minimum Gasteiger partial charge on any atom is -0.477 e. The molecule has 0 atom stereocenters. The molecule has 0 saturated carbocycles. The van der Waals surface area contributed by atoms with Crippen LogP contribution < -0.4 is 0 Å². The van der Waals surface area contributed by atoms with Gasteiger partial charge in [-0.05, 0) is 25.1 Å². The fourth-order valence-electron chi connectivity index (χ4n) is 1.41. The summed E-state index contributed by atoms with van der Waals surface area (Å²) in [6.45, 7) is 1.73. The Morgan fingerprint density at radius 3 is 2.94 bits per heavy atom. The zero-order valence-corrected chi connectivity index (χ0v) is 12.7. The number of aromatic carboxylic acids is 1. The van der Waals surface area contributed by atoms with E-state index in [4.69, 9.17) is 5.11 Å². The molecule has 1 aromatic heterocycles. The van der Waals surface area contributed by atoms with Crippen LogP contribution in [0.5, 0.6) is 0 Å². The zero-order chi connectivity index (χ0) is 13.1. The van der Waals surface area contributed by atoms with Crippen molar-refractivity contribution < 1.29 is 9.90 Å². The topological polar surface area (TPSA) is 50.2 Å². The van der Waals surface area contributed by atoms with Crippen molar-refractivity contribution in [2.45, 2.75) is 17.6 Å². The lowest BCUT2D eigenvalue weighted by atomic mass is 10.4. The number of benzene rings is 1. The monoisotopic (exact) mass is 343 g/mol. The van der Waals surface area contributed by atoms with Crippen LogP contribution in [0.1, 0.15) is 20.4 Å². The maximum absolute atomic E-state index is 10.9. The summed E-state index contributed by atoms with van der Waals surface area (Å²) in [5, 5.41) is 9.80. The number of aryl methyl sites for hydroxylation is 1. The average molecular weight is 344 g/mol. The number of thiazole rings is 1. The second-order valence-corrected chi connectivity index (χ2v) is 6.62. The lowest BCUT2D eigenvalue weighted by Gasteiger charge is -1.99. The Morgan fingerprint density at radius 1 is 1.56 bits per heavy atom. The number of hydrogen-bond donors (Lipinski definition) is 1. The summed E-state index contributed by atoms with van der Waals surface area (Å²) in [6, 6.07) is 8.00. The van der Waals surface area contributed by atoms with Crippen LogP contribution in [0.25, 0.3) is 0 Å². The molecular weight excluding hydrogens is 334 g/mol. The van der Waals surface area contributed by atoms with E-state index in [1.807, 2.05) is 24.3 Å². The van der Waals surface area contributed by atoms with E-state index in [1.165, 1.54) is 11.3 Å². The predicted octanol–water partition coefficient (Wildman–Crippen LogP) is 4.20. The van der Waals surface area contributed by atoms with Gasteiger partial charge in [-0.15, -0.1) is 23.1 Å². The Hall–Kier alpha value is -0.850. The van der Waals surface area contributed by atoms with Gasteiger partial charge in [0, 0.05) is 9.37 Å². The van der Waals surface area contributed by atoms with Crippen LogP contribution in [0, 0.1) is 6.92 Å². The summed E-state index contributed by atoms with van der Waals surface area (Å²) >= 11 is 6.31. The number of carboxylic acid groups (broad SMARTS) is 1. The molecule has 2 rings (SSSR count). The van der Waals surface area contributed by atoms with E-state index < -0.39 is 5.97 Å². The van der Waals surface area contributed by atoms with Gasteiger partial charge in [0.15, 0.2) is 0 Å². The van der Waals surface area contributed by atoms with Crippen molar-refractivity contribution in [3.8, 4) is 0 Å². The number of nitrogens with zero attached hydrogens (tertiary/aromatic N) is 1. The highest BCUT2D eigenvalue weighted by molar-refractivity contribution is 9.10. The summed E-state index contributed by atoms with van der Waals surface area (Å²) in [5.74, 6) is -0.210. The summed E-state index contributed by atoms with van der Waals surface area (Å²) < 4.78 is 1.04. The largest absolute Gasteiger partial charge is 0.477 e. The van der Waals surface area contributed by atoms with Crippen molar-refractivity contribution in [2.75, 3.05) is 0 Å². The van der Waals surface area contributed by atoms with Gasteiger partial charge in [0.1, 0.15) is 9.88 Å². The van der Waals surface area contributed by atoms with E-state index in [9.17, 15) is 4.79 Å². The average Bonchev–Trinajstić information content (AvgIpc) is 2.68. The lowest BCUT2D eigenvalue weighted by Crippen LogP contribution is -1.94. The third kappa shape index (κ3) is 3.34. The van der Waals surface area contributed by atoms with Gasteiger partial charge in [0.05, 0.1) is 11.4 Å². The van der Waals surface area contributed by atoms with Crippen LogP contribution in [-0.4, -0.2) is 16.1 Å². The van der Waals surface area contributed by atoms with Gasteiger partial charge in [0.25, 0.3) is 0 Å². The number of carbonyl (C=O) groups is 1. The normalized spacial score (nSPS) is 10.6. The first kappa shape index (κ1) is 13.6. The maximum Gasteiger partial charge on any atom is 0.347 e. The first-order chi connectivity index (χ1) is 8.56. The van der Waals surface area contributed by atoms with Crippen molar-refractivity contribution >= 4 is 45.0 Å². The van der Waals surface area contributed by atoms with Gasteiger partial charge in [-0.1, -0.05) is 22.0 Å². The van der Waals surface area contributed by atoms with Crippen LogP contribution >= 0.6 is 39.0 Å². The molecule has 1 heterocycles. The molecule has 0 unspecified atom stereocenters. The van der Waals surface area contributed by atoms with Crippen molar-refractivity contribution in [1.29, 1.82) is 0 Å². The van der Waals surface area contributed by atoms with Crippen LogP contribution in [0.15, 0.2) is 33.6 Å². The molecule has 0 aliphatic heterocycles. The number of hydrogen-bond acceptors (Lipinski definition) is 4. The molecule has 6 heteroatoms. The summed E-state index contributed by atoms with van der Waals surface area (Å²) in [7, 11) is 0. The molecule has 1 N–H and O–H groups in total. The van der Waals surface area contributed by atoms with E-state index >= 15 is 0 Å². The van der Waals surface area contributed by atoms with E-state index in [-0.39, 0.29) is 0 Å². The third-order valence-corrected chi connectivity index (χ3v) is 5.02. The molecule has 0 spiro atoms. The van der Waals surface area contributed by atoms with Gasteiger partial charge < -0.3 is 5.11 Å². The van der Waals surface area contributed by atoms with Gasteiger partial charge in [-0.25, -0.2) is 9.78 Å². The second-order valence-electron chi connectivity index (χ2n) is 3.57. The summed E-state index contributed by atoms with van der Waals surface area (Å²) in [5.41, 5.74) is 0.595. The smallest absolute Gasteiger partial charge is 0.347 e. The molecule has 0 fully saturated rings. The number of halogens is 1. The SMILES string of the molecule is Cc1nc(CSc2cccc(Br)c2)sc1C(=O)O. The van der Waals surface area contributed by atoms with Crippen molar-refractivity contribution in [3.05, 3.63) is 44.3 Å². The standard InChI is InChI=1S/C12H10BrNO2S2/c1-7-11(12(15)16)18-10(14-7)6-17-9-4-2-3-8(13)5-9/h2-5H,6H2,1H3,(H,15,16). The predicted molar refractivity (Wildman–Crippen MR) is 77.5 cm³/mol. The molecule has 1 aromatic carbocycles. The number of carboxylic acids is 1. The van der Waals surface area contributed by atoms with Crippen LogP contribution in [-0.2, 0) is 5.75 Å². The number of rotatable bonds is 4. The minimum atomic E-state index is -0.899. The fraction of sp³-hybridized carbons (Fsp3) is 0.167. The Balaban J connectivity index is 2.06. The van der Waals surface area contributed by atoms with Crippen molar-refractivity contribution in [2.24, 2.45) is 0 Å². The highest BCUT2D eigenvalue weighted by atomic mass is 79.9. The van der Waals surface area contributed by atoms with Crippen molar-refractivity contribution in [1.82, 2.24) is 4.98 Å². The first-order valence-corrected chi connectivity index (χ1v) is 7.73. The molecule has 0 amide bonds. The Labute approximate surface area is 121 Å². The molecule has 2 aromatic rings. The summed E-state index contributed by atoms with van der Waals surface area (Å²) in [4.78, 5) is 16.7. The van der Waals surface area contributed by atoms with E-state index in [2.05, 4.69) is 20.9 Å². The van der Waals surface area contributed by atoms with Gasteiger partial charge in [-0.3, -0.25) is 0 Å². The Kier molecular flexibility index (Phi) is 4.42. The van der Waals surface area contributed by atoms with E-state index in [0.29, 0.717) is 16.3 Å². The molecule has 94 valence electrons. The van der Waals surface area contributed by atoms with E-state index in [1.54, 1.807) is 18.7 Å².